The van der Waals surface area contributed by atoms with Crippen LogP contribution >= 0.6 is 0 Å². The Morgan fingerprint density at radius 2 is 1.95 bits per heavy atom. The molecule has 1 N–H and O–H groups in total. The fourth-order valence-electron chi connectivity index (χ4n) is 2.08. The highest BCUT2D eigenvalue weighted by atomic mass is 16.5. The van der Waals surface area contributed by atoms with Crippen LogP contribution in [0.2, 0.25) is 0 Å². The number of benzene rings is 1. The molecule has 0 radical (unpaired) electrons. The third kappa shape index (κ3) is 3.88. The highest BCUT2D eigenvalue weighted by Gasteiger charge is 2.04. The van der Waals surface area contributed by atoms with Crippen LogP contribution in [0.3, 0.4) is 0 Å². The second kappa shape index (κ2) is 7.77. The maximum Gasteiger partial charge on any atom is 0.140 e. The van der Waals surface area contributed by atoms with Gasteiger partial charge in [-0.1, -0.05) is 24.3 Å². The van der Waals surface area contributed by atoms with Gasteiger partial charge in [0.15, 0.2) is 0 Å². The molecule has 0 amide bonds. The summed E-state index contributed by atoms with van der Waals surface area (Å²) in [5, 5.41) is 7.58. The van der Waals surface area contributed by atoms with Gasteiger partial charge in [-0.05, 0) is 25.0 Å². The lowest BCUT2D eigenvalue weighted by atomic mass is 10.1. The molecule has 1 heterocycles. The molecule has 5 nitrogen and oxygen atoms in total. The minimum atomic E-state index is 0.666. The van der Waals surface area contributed by atoms with Crippen LogP contribution in [0.1, 0.15) is 30.8 Å². The van der Waals surface area contributed by atoms with Crippen molar-refractivity contribution in [3.8, 4) is 0 Å². The van der Waals surface area contributed by atoms with Crippen LogP contribution in [0, 0.1) is 0 Å². The lowest BCUT2D eigenvalue weighted by Crippen LogP contribution is -2.18. The van der Waals surface area contributed by atoms with Gasteiger partial charge in [-0.25, -0.2) is 9.67 Å². The summed E-state index contributed by atoms with van der Waals surface area (Å²) < 4.78 is 7.40. The molecule has 1 aromatic carbocycles. The number of aryl methyl sites for hydroxylation is 1. The van der Waals surface area contributed by atoms with E-state index in [0.717, 1.165) is 32.1 Å². The molecular formula is C15H22N4O. The zero-order chi connectivity index (χ0) is 14.2. The standard InChI is InChI=1S/C15H22N4O/c1-3-19-15(17-12-18-19)10-16-9-13-7-5-6-8-14(13)11-20-4-2/h5-8,12,16H,3-4,9-11H2,1-2H3. The van der Waals surface area contributed by atoms with Gasteiger partial charge in [-0.15, -0.1) is 0 Å². The Balaban J connectivity index is 1.90. The fourth-order valence-corrected chi connectivity index (χ4v) is 2.08. The highest BCUT2D eigenvalue weighted by Crippen LogP contribution is 2.10. The second-order valence-corrected chi connectivity index (χ2v) is 4.50. The molecule has 0 aliphatic rings. The van der Waals surface area contributed by atoms with Crippen molar-refractivity contribution in [3.05, 3.63) is 47.5 Å². The predicted octanol–water partition coefficient (Wildman–Crippen LogP) is 2.12. The summed E-state index contributed by atoms with van der Waals surface area (Å²) in [6.45, 7) is 7.85. The van der Waals surface area contributed by atoms with Crippen molar-refractivity contribution in [1.29, 1.82) is 0 Å². The molecular weight excluding hydrogens is 252 g/mol. The van der Waals surface area contributed by atoms with Crippen molar-refractivity contribution < 1.29 is 4.74 Å². The lowest BCUT2D eigenvalue weighted by Gasteiger charge is -2.10. The maximum atomic E-state index is 5.49. The van der Waals surface area contributed by atoms with E-state index < -0.39 is 0 Å². The molecule has 0 saturated heterocycles. The topological polar surface area (TPSA) is 52.0 Å². The van der Waals surface area contributed by atoms with Gasteiger partial charge in [-0.3, -0.25) is 0 Å². The normalized spacial score (nSPS) is 10.9. The van der Waals surface area contributed by atoms with Gasteiger partial charge < -0.3 is 10.1 Å². The van der Waals surface area contributed by atoms with Crippen LogP contribution in [0.5, 0.6) is 0 Å². The number of aromatic nitrogens is 3. The minimum Gasteiger partial charge on any atom is -0.377 e. The van der Waals surface area contributed by atoms with E-state index in [1.54, 1.807) is 6.33 Å². The van der Waals surface area contributed by atoms with Crippen LogP contribution in [-0.4, -0.2) is 21.4 Å². The van der Waals surface area contributed by atoms with E-state index in [0.29, 0.717) is 6.61 Å². The first kappa shape index (κ1) is 14.7. The molecule has 1 aromatic heterocycles. The van der Waals surface area contributed by atoms with Crippen LogP contribution < -0.4 is 5.32 Å². The molecule has 0 fully saturated rings. The van der Waals surface area contributed by atoms with Crippen LogP contribution in [0.25, 0.3) is 0 Å². The summed E-state index contributed by atoms with van der Waals surface area (Å²) in [5.41, 5.74) is 2.50. The zero-order valence-corrected chi connectivity index (χ0v) is 12.2. The molecule has 2 aromatic rings. The number of nitrogens with zero attached hydrogens (tertiary/aromatic N) is 3. The van der Waals surface area contributed by atoms with E-state index in [1.165, 1.54) is 11.1 Å². The summed E-state index contributed by atoms with van der Waals surface area (Å²) in [7, 11) is 0. The first-order chi connectivity index (χ1) is 9.85. The molecule has 20 heavy (non-hydrogen) atoms. The van der Waals surface area contributed by atoms with Crippen molar-refractivity contribution in [2.45, 2.75) is 40.1 Å². The average molecular weight is 274 g/mol. The number of ether oxygens (including phenoxy) is 1. The van der Waals surface area contributed by atoms with Crippen LogP contribution in [0.15, 0.2) is 30.6 Å². The van der Waals surface area contributed by atoms with Crippen molar-refractivity contribution in [3.63, 3.8) is 0 Å². The summed E-state index contributed by atoms with van der Waals surface area (Å²) in [6.07, 6.45) is 1.60. The summed E-state index contributed by atoms with van der Waals surface area (Å²) in [6, 6.07) is 8.35. The first-order valence-corrected chi connectivity index (χ1v) is 7.07. The Hall–Kier alpha value is -1.72. The molecule has 0 spiro atoms. The van der Waals surface area contributed by atoms with E-state index in [2.05, 4.69) is 40.5 Å². The predicted molar refractivity (Wildman–Crippen MR) is 78.0 cm³/mol. The number of hydrogen-bond acceptors (Lipinski definition) is 4. The maximum absolute atomic E-state index is 5.49. The van der Waals surface area contributed by atoms with E-state index in [4.69, 9.17) is 4.74 Å². The van der Waals surface area contributed by atoms with Gasteiger partial charge in [-0.2, -0.15) is 5.10 Å². The van der Waals surface area contributed by atoms with E-state index in [1.807, 2.05) is 17.7 Å². The monoisotopic (exact) mass is 274 g/mol. The van der Waals surface area contributed by atoms with E-state index in [-0.39, 0.29) is 0 Å². The van der Waals surface area contributed by atoms with Gasteiger partial charge in [0, 0.05) is 19.7 Å². The Kier molecular flexibility index (Phi) is 5.70. The van der Waals surface area contributed by atoms with Crippen molar-refractivity contribution >= 4 is 0 Å². The first-order valence-electron chi connectivity index (χ1n) is 7.07. The molecule has 0 unspecified atom stereocenters. The summed E-state index contributed by atoms with van der Waals surface area (Å²) >= 11 is 0. The van der Waals surface area contributed by atoms with Crippen LogP contribution in [0.4, 0.5) is 0 Å². The smallest absolute Gasteiger partial charge is 0.140 e. The SMILES string of the molecule is CCOCc1ccccc1CNCc1ncnn1CC. The Bertz CT molecular complexity index is 524. The highest BCUT2D eigenvalue weighted by molar-refractivity contribution is 5.26. The largest absolute Gasteiger partial charge is 0.377 e. The van der Waals surface area contributed by atoms with Gasteiger partial charge in [0.1, 0.15) is 12.2 Å². The Labute approximate surface area is 120 Å². The number of nitrogens with one attached hydrogen (secondary N) is 1. The molecule has 0 aliphatic carbocycles. The van der Waals surface area contributed by atoms with Gasteiger partial charge in [0.2, 0.25) is 0 Å². The Morgan fingerprint density at radius 1 is 1.15 bits per heavy atom. The van der Waals surface area contributed by atoms with Gasteiger partial charge >= 0.3 is 0 Å². The summed E-state index contributed by atoms with van der Waals surface area (Å²) in [5.74, 6) is 0.967. The number of rotatable bonds is 8. The van der Waals surface area contributed by atoms with Gasteiger partial charge in [0.25, 0.3) is 0 Å². The fraction of sp³-hybridized carbons (Fsp3) is 0.467. The van der Waals surface area contributed by atoms with Crippen molar-refractivity contribution in [1.82, 2.24) is 20.1 Å². The zero-order valence-electron chi connectivity index (χ0n) is 12.2. The third-order valence-electron chi connectivity index (χ3n) is 3.17. The second-order valence-electron chi connectivity index (χ2n) is 4.50. The summed E-state index contributed by atoms with van der Waals surface area (Å²) in [4.78, 5) is 4.25. The van der Waals surface area contributed by atoms with Crippen molar-refractivity contribution in [2.24, 2.45) is 0 Å². The molecule has 0 saturated carbocycles. The quantitative estimate of drug-likeness (QED) is 0.801. The average Bonchev–Trinajstić information content (AvgIpc) is 2.94. The van der Waals surface area contributed by atoms with Gasteiger partial charge in [0.05, 0.1) is 13.2 Å². The molecule has 108 valence electrons. The minimum absolute atomic E-state index is 0.666. The molecule has 0 bridgehead atoms. The molecule has 5 heteroatoms. The molecule has 2 rings (SSSR count). The lowest BCUT2D eigenvalue weighted by molar-refractivity contribution is 0.133. The number of hydrogen-bond donors (Lipinski definition) is 1. The van der Waals surface area contributed by atoms with Crippen LogP contribution in [-0.2, 0) is 31.0 Å². The molecule has 0 atom stereocenters. The third-order valence-corrected chi connectivity index (χ3v) is 3.17. The molecule has 0 aliphatic heterocycles. The van der Waals surface area contributed by atoms with E-state index >= 15 is 0 Å². The Morgan fingerprint density at radius 3 is 2.70 bits per heavy atom. The van der Waals surface area contributed by atoms with E-state index in [9.17, 15) is 0 Å². The van der Waals surface area contributed by atoms with Crippen molar-refractivity contribution in [2.75, 3.05) is 6.61 Å².